The van der Waals surface area contributed by atoms with Crippen LogP contribution in [0, 0.1) is 12.7 Å². The fourth-order valence-corrected chi connectivity index (χ4v) is 4.21. The SMILES string of the molecule is CCc1cc(-c2[nH]ncc2-c2nc(C)cs2)c(O)cc1OCc1c(F)cccc1Cl. The van der Waals surface area contributed by atoms with Gasteiger partial charge in [-0.1, -0.05) is 24.6 Å². The molecule has 0 atom stereocenters. The molecular weight excluding hydrogens is 425 g/mol. The van der Waals surface area contributed by atoms with Crippen LogP contribution in [0.5, 0.6) is 11.5 Å². The van der Waals surface area contributed by atoms with Gasteiger partial charge in [0.05, 0.1) is 22.5 Å². The number of aromatic hydroxyl groups is 1. The molecule has 0 amide bonds. The first-order valence-corrected chi connectivity index (χ1v) is 10.6. The van der Waals surface area contributed by atoms with Gasteiger partial charge in [-0.3, -0.25) is 5.10 Å². The van der Waals surface area contributed by atoms with E-state index in [1.165, 1.54) is 17.4 Å². The zero-order chi connectivity index (χ0) is 21.3. The third-order valence-electron chi connectivity index (χ3n) is 4.75. The van der Waals surface area contributed by atoms with Gasteiger partial charge in [-0.25, -0.2) is 9.37 Å². The summed E-state index contributed by atoms with van der Waals surface area (Å²) in [7, 11) is 0. The van der Waals surface area contributed by atoms with Gasteiger partial charge >= 0.3 is 0 Å². The van der Waals surface area contributed by atoms with E-state index in [4.69, 9.17) is 16.3 Å². The lowest BCUT2D eigenvalue weighted by molar-refractivity contribution is 0.295. The molecule has 5 nitrogen and oxygen atoms in total. The Morgan fingerprint density at radius 3 is 2.80 bits per heavy atom. The van der Waals surface area contributed by atoms with Crippen LogP contribution in [-0.4, -0.2) is 20.3 Å². The number of phenols is 1. The standard InChI is InChI=1S/C22H19ClFN3O2S/c1-3-13-7-14(21-15(9-25-27-21)22-26-12(2)11-30-22)19(28)8-20(13)29-10-16-17(23)5-4-6-18(16)24/h4-9,11,28H,3,10H2,1-2H3,(H,25,27). The van der Waals surface area contributed by atoms with Gasteiger partial charge in [0.2, 0.25) is 0 Å². The van der Waals surface area contributed by atoms with E-state index in [-0.39, 0.29) is 17.9 Å². The first kappa shape index (κ1) is 20.4. The molecule has 8 heteroatoms. The van der Waals surface area contributed by atoms with Crippen molar-refractivity contribution >= 4 is 22.9 Å². The molecule has 4 rings (SSSR count). The number of hydrogen-bond donors (Lipinski definition) is 2. The minimum absolute atomic E-state index is 0.0283. The van der Waals surface area contributed by atoms with E-state index in [1.54, 1.807) is 24.4 Å². The van der Waals surface area contributed by atoms with E-state index < -0.39 is 5.82 Å². The summed E-state index contributed by atoms with van der Waals surface area (Å²) < 4.78 is 19.9. The Hall–Kier alpha value is -2.90. The zero-order valence-electron chi connectivity index (χ0n) is 16.4. The fourth-order valence-electron chi connectivity index (χ4n) is 3.18. The van der Waals surface area contributed by atoms with Crippen molar-refractivity contribution in [2.75, 3.05) is 0 Å². The number of nitrogens with zero attached hydrogens (tertiary/aromatic N) is 2. The Morgan fingerprint density at radius 2 is 2.10 bits per heavy atom. The highest BCUT2D eigenvalue weighted by atomic mass is 35.5. The molecule has 0 saturated carbocycles. The van der Waals surface area contributed by atoms with Crippen molar-refractivity contribution in [1.29, 1.82) is 0 Å². The average Bonchev–Trinajstić information content (AvgIpc) is 3.36. The van der Waals surface area contributed by atoms with Crippen molar-refractivity contribution < 1.29 is 14.2 Å². The van der Waals surface area contributed by atoms with Crippen LogP contribution in [0.2, 0.25) is 5.02 Å². The number of thiazole rings is 1. The van der Waals surface area contributed by atoms with Crippen LogP contribution in [0.15, 0.2) is 41.9 Å². The van der Waals surface area contributed by atoms with E-state index in [0.717, 1.165) is 21.8 Å². The van der Waals surface area contributed by atoms with Gasteiger partial charge in [0.1, 0.15) is 28.9 Å². The number of rotatable bonds is 6. The van der Waals surface area contributed by atoms with Gasteiger partial charge in [-0.05, 0) is 37.1 Å². The van der Waals surface area contributed by atoms with Crippen molar-refractivity contribution in [3.8, 4) is 33.3 Å². The second-order valence-corrected chi connectivity index (χ2v) is 8.04. The van der Waals surface area contributed by atoms with Crippen molar-refractivity contribution in [2.45, 2.75) is 26.9 Å². The molecule has 0 saturated heterocycles. The van der Waals surface area contributed by atoms with Crippen molar-refractivity contribution in [3.05, 3.63) is 69.6 Å². The van der Waals surface area contributed by atoms with Crippen LogP contribution >= 0.6 is 22.9 Å². The Kier molecular flexibility index (Phi) is 5.74. The van der Waals surface area contributed by atoms with Crippen molar-refractivity contribution in [2.24, 2.45) is 0 Å². The normalized spacial score (nSPS) is 11.1. The predicted octanol–water partition coefficient (Wildman–Crippen LogP) is 6.15. The van der Waals surface area contributed by atoms with Gasteiger partial charge in [-0.15, -0.1) is 11.3 Å². The minimum atomic E-state index is -0.428. The molecule has 0 aliphatic rings. The van der Waals surface area contributed by atoms with Gasteiger partial charge in [0.15, 0.2) is 0 Å². The Morgan fingerprint density at radius 1 is 1.27 bits per heavy atom. The van der Waals surface area contributed by atoms with E-state index in [1.807, 2.05) is 25.3 Å². The molecule has 4 aromatic rings. The molecule has 0 aliphatic carbocycles. The fraction of sp³-hybridized carbons (Fsp3) is 0.182. The van der Waals surface area contributed by atoms with Gasteiger partial charge in [-0.2, -0.15) is 5.10 Å². The van der Waals surface area contributed by atoms with Gasteiger partial charge in [0.25, 0.3) is 0 Å². The number of aromatic nitrogens is 3. The molecule has 2 aromatic heterocycles. The largest absolute Gasteiger partial charge is 0.507 e. The molecule has 2 heterocycles. The number of H-pyrrole nitrogens is 1. The van der Waals surface area contributed by atoms with Crippen LogP contribution in [0.4, 0.5) is 4.39 Å². The predicted molar refractivity (Wildman–Crippen MR) is 117 cm³/mol. The molecule has 0 spiro atoms. The molecule has 30 heavy (non-hydrogen) atoms. The number of hydrogen-bond acceptors (Lipinski definition) is 5. The molecule has 0 unspecified atom stereocenters. The lowest BCUT2D eigenvalue weighted by Gasteiger charge is -2.15. The monoisotopic (exact) mass is 443 g/mol. The van der Waals surface area contributed by atoms with E-state index in [0.29, 0.717) is 28.5 Å². The molecule has 0 bridgehead atoms. The maximum absolute atomic E-state index is 14.0. The number of halogens is 2. The number of nitrogens with one attached hydrogen (secondary N) is 1. The summed E-state index contributed by atoms with van der Waals surface area (Å²) in [6, 6.07) is 7.90. The topological polar surface area (TPSA) is 71.0 Å². The first-order valence-electron chi connectivity index (χ1n) is 9.35. The highest BCUT2D eigenvalue weighted by Gasteiger charge is 2.19. The first-order chi connectivity index (χ1) is 14.5. The molecule has 2 N–H and O–H groups in total. The Bertz CT molecular complexity index is 1180. The van der Waals surface area contributed by atoms with Crippen molar-refractivity contribution in [3.63, 3.8) is 0 Å². The molecule has 0 fully saturated rings. The molecule has 2 aromatic carbocycles. The van der Waals surface area contributed by atoms with Crippen LogP contribution in [0.3, 0.4) is 0 Å². The van der Waals surface area contributed by atoms with Gasteiger partial charge < -0.3 is 9.84 Å². The molecule has 0 radical (unpaired) electrons. The molecular formula is C22H19ClFN3O2S. The maximum atomic E-state index is 14.0. The van der Waals surface area contributed by atoms with Crippen LogP contribution in [-0.2, 0) is 13.0 Å². The zero-order valence-corrected chi connectivity index (χ0v) is 17.9. The van der Waals surface area contributed by atoms with Crippen LogP contribution in [0.1, 0.15) is 23.7 Å². The van der Waals surface area contributed by atoms with Crippen LogP contribution < -0.4 is 4.74 Å². The highest BCUT2D eigenvalue weighted by Crippen LogP contribution is 2.40. The van der Waals surface area contributed by atoms with Gasteiger partial charge in [0, 0.05) is 28.3 Å². The maximum Gasteiger partial charge on any atom is 0.131 e. The van der Waals surface area contributed by atoms with E-state index >= 15 is 0 Å². The van der Waals surface area contributed by atoms with E-state index in [9.17, 15) is 9.50 Å². The second-order valence-electron chi connectivity index (χ2n) is 6.77. The van der Waals surface area contributed by atoms with Crippen molar-refractivity contribution in [1.82, 2.24) is 15.2 Å². The van der Waals surface area contributed by atoms with Crippen LogP contribution in [0.25, 0.3) is 21.8 Å². The third-order valence-corrected chi connectivity index (χ3v) is 6.10. The summed E-state index contributed by atoms with van der Waals surface area (Å²) in [6.45, 7) is 3.88. The summed E-state index contributed by atoms with van der Waals surface area (Å²) in [5.41, 5.74) is 4.17. The number of benzene rings is 2. The quantitative estimate of drug-likeness (QED) is 0.375. The summed E-state index contributed by atoms with van der Waals surface area (Å²) in [5, 5.41) is 20.9. The lowest BCUT2D eigenvalue weighted by atomic mass is 10.0. The smallest absolute Gasteiger partial charge is 0.131 e. The summed E-state index contributed by atoms with van der Waals surface area (Å²) in [4.78, 5) is 4.51. The summed E-state index contributed by atoms with van der Waals surface area (Å²) >= 11 is 7.60. The number of aromatic amines is 1. The second kappa shape index (κ2) is 8.45. The molecule has 154 valence electrons. The number of ether oxygens (including phenoxy) is 1. The Balaban J connectivity index is 1.68. The third kappa shape index (κ3) is 3.91. The number of phenolic OH excluding ortho intramolecular Hbond substituents is 1. The highest BCUT2D eigenvalue weighted by molar-refractivity contribution is 7.13. The minimum Gasteiger partial charge on any atom is -0.507 e. The number of aryl methyl sites for hydroxylation is 2. The van der Waals surface area contributed by atoms with E-state index in [2.05, 4.69) is 15.2 Å². The summed E-state index contributed by atoms with van der Waals surface area (Å²) in [6.07, 6.45) is 2.36. The lowest BCUT2D eigenvalue weighted by Crippen LogP contribution is -2.02. The average molecular weight is 444 g/mol. The Labute approximate surface area is 182 Å². The summed E-state index contributed by atoms with van der Waals surface area (Å²) in [5.74, 6) is 0.0760. The molecule has 0 aliphatic heterocycles.